The summed E-state index contributed by atoms with van der Waals surface area (Å²) >= 11 is 0. The SMILES string of the molecule is COc1ccc(C#CCNC(=O)OCC2c3ccccc3-c3ccccc32)cc1. The Morgan fingerprint density at radius 2 is 1.55 bits per heavy atom. The Kier molecular flexibility index (Phi) is 5.49. The topological polar surface area (TPSA) is 47.6 Å². The van der Waals surface area contributed by atoms with Crippen LogP contribution in [0.25, 0.3) is 11.1 Å². The monoisotopic (exact) mass is 383 g/mol. The summed E-state index contributed by atoms with van der Waals surface area (Å²) in [6.45, 7) is 0.522. The van der Waals surface area contributed by atoms with E-state index in [-0.39, 0.29) is 12.5 Å². The van der Waals surface area contributed by atoms with Gasteiger partial charge in [-0.1, -0.05) is 60.4 Å². The lowest BCUT2D eigenvalue weighted by atomic mass is 9.98. The smallest absolute Gasteiger partial charge is 0.407 e. The van der Waals surface area contributed by atoms with Gasteiger partial charge in [0.15, 0.2) is 0 Å². The van der Waals surface area contributed by atoms with E-state index in [0.29, 0.717) is 6.61 Å². The standard InChI is InChI=1S/C25H21NO3/c1-28-19-14-12-18(13-15-19)7-6-16-26-25(27)29-17-24-22-10-4-2-8-20(22)21-9-3-5-11-23(21)24/h2-5,8-15,24H,16-17H2,1H3,(H,26,27). The molecule has 0 spiro atoms. The molecule has 0 heterocycles. The van der Waals surface area contributed by atoms with Crippen LogP contribution in [-0.2, 0) is 4.74 Å². The first kappa shape index (κ1) is 18.6. The maximum Gasteiger partial charge on any atom is 0.407 e. The molecule has 0 saturated carbocycles. The van der Waals surface area contributed by atoms with Crippen LogP contribution in [0.1, 0.15) is 22.6 Å². The van der Waals surface area contributed by atoms with E-state index in [9.17, 15) is 4.79 Å². The molecule has 144 valence electrons. The maximum absolute atomic E-state index is 12.1. The predicted octanol–water partition coefficient (Wildman–Crippen LogP) is 4.59. The Balaban J connectivity index is 1.33. The lowest BCUT2D eigenvalue weighted by Crippen LogP contribution is -2.26. The largest absolute Gasteiger partial charge is 0.497 e. The predicted molar refractivity (Wildman–Crippen MR) is 113 cm³/mol. The summed E-state index contributed by atoms with van der Waals surface area (Å²) < 4.78 is 10.6. The molecule has 4 rings (SSSR count). The van der Waals surface area contributed by atoms with E-state index in [1.807, 2.05) is 48.5 Å². The van der Waals surface area contributed by atoms with E-state index in [1.165, 1.54) is 22.3 Å². The van der Waals surface area contributed by atoms with Crippen LogP contribution in [0, 0.1) is 11.8 Å². The molecule has 0 aliphatic heterocycles. The van der Waals surface area contributed by atoms with Gasteiger partial charge in [0.1, 0.15) is 12.4 Å². The molecule has 1 aliphatic carbocycles. The number of hydrogen-bond donors (Lipinski definition) is 1. The van der Waals surface area contributed by atoms with E-state index in [4.69, 9.17) is 9.47 Å². The van der Waals surface area contributed by atoms with Gasteiger partial charge in [0.25, 0.3) is 0 Å². The van der Waals surface area contributed by atoms with Crippen molar-refractivity contribution in [1.82, 2.24) is 5.32 Å². The van der Waals surface area contributed by atoms with E-state index in [1.54, 1.807) is 7.11 Å². The van der Waals surface area contributed by atoms with Crippen LogP contribution in [-0.4, -0.2) is 26.4 Å². The van der Waals surface area contributed by atoms with E-state index in [0.717, 1.165) is 11.3 Å². The molecule has 3 aromatic carbocycles. The van der Waals surface area contributed by atoms with Crippen LogP contribution >= 0.6 is 0 Å². The third-order valence-electron chi connectivity index (χ3n) is 4.99. The fourth-order valence-electron chi connectivity index (χ4n) is 3.59. The summed E-state index contributed by atoms with van der Waals surface area (Å²) in [7, 11) is 1.62. The second-order valence-corrected chi connectivity index (χ2v) is 6.71. The number of carbonyl (C=O) groups excluding carboxylic acids is 1. The van der Waals surface area contributed by atoms with Crippen LogP contribution in [0.5, 0.6) is 5.75 Å². The molecule has 0 radical (unpaired) electrons. The summed E-state index contributed by atoms with van der Waals surface area (Å²) in [4.78, 5) is 12.1. The minimum atomic E-state index is -0.462. The lowest BCUT2D eigenvalue weighted by molar-refractivity contribution is 0.144. The summed E-state index contributed by atoms with van der Waals surface area (Å²) in [5, 5.41) is 2.69. The Labute approximate surface area is 170 Å². The van der Waals surface area contributed by atoms with Crippen LogP contribution in [0.3, 0.4) is 0 Å². The highest BCUT2D eigenvalue weighted by Gasteiger charge is 2.28. The van der Waals surface area contributed by atoms with Crippen molar-refractivity contribution in [3.05, 3.63) is 89.5 Å². The third kappa shape index (κ3) is 4.09. The molecule has 1 aliphatic rings. The number of alkyl carbamates (subject to hydrolysis) is 1. The first-order valence-corrected chi connectivity index (χ1v) is 9.48. The molecular weight excluding hydrogens is 362 g/mol. The second-order valence-electron chi connectivity index (χ2n) is 6.71. The van der Waals surface area contributed by atoms with Gasteiger partial charge in [-0.2, -0.15) is 0 Å². The van der Waals surface area contributed by atoms with Crippen molar-refractivity contribution in [3.8, 4) is 28.7 Å². The first-order chi connectivity index (χ1) is 14.3. The molecule has 0 fully saturated rings. The second kappa shape index (κ2) is 8.53. The number of fused-ring (bicyclic) bond motifs is 3. The molecule has 3 aromatic rings. The van der Waals surface area contributed by atoms with Gasteiger partial charge in [-0.05, 0) is 46.5 Å². The van der Waals surface area contributed by atoms with Gasteiger partial charge < -0.3 is 14.8 Å². The van der Waals surface area contributed by atoms with Crippen molar-refractivity contribution < 1.29 is 14.3 Å². The van der Waals surface area contributed by atoms with E-state index >= 15 is 0 Å². The molecule has 4 nitrogen and oxygen atoms in total. The van der Waals surface area contributed by atoms with Crippen LogP contribution in [0.4, 0.5) is 4.79 Å². The number of methoxy groups -OCH3 is 1. The average Bonchev–Trinajstić information content (AvgIpc) is 3.09. The minimum absolute atomic E-state index is 0.0542. The van der Waals surface area contributed by atoms with Crippen molar-refractivity contribution in [2.75, 3.05) is 20.3 Å². The number of hydrogen-bond acceptors (Lipinski definition) is 3. The number of carbonyl (C=O) groups is 1. The van der Waals surface area contributed by atoms with Crippen molar-refractivity contribution in [2.24, 2.45) is 0 Å². The number of amides is 1. The molecule has 1 N–H and O–H groups in total. The highest BCUT2D eigenvalue weighted by molar-refractivity contribution is 5.79. The van der Waals surface area contributed by atoms with Crippen LogP contribution in [0.15, 0.2) is 72.8 Å². The number of rotatable bonds is 4. The fourth-order valence-corrected chi connectivity index (χ4v) is 3.59. The highest BCUT2D eigenvalue weighted by Crippen LogP contribution is 2.44. The molecule has 0 aromatic heterocycles. The zero-order chi connectivity index (χ0) is 20.1. The lowest BCUT2D eigenvalue weighted by Gasteiger charge is -2.14. The summed E-state index contributed by atoms with van der Waals surface area (Å²) in [6, 6.07) is 24.0. The van der Waals surface area contributed by atoms with Crippen molar-refractivity contribution >= 4 is 6.09 Å². The van der Waals surface area contributed by atoms with Crippen molar-refractivity contribution in [1.29, 1.82) is 0 Å². The molecule has 0 bridgehead atoms. The van der Waals surface area contributed by atoms with Gasteiger partial charge in [0.2, 0.25) is 0 Å². The molecule has 4 heteroatoms. The molecule has 29 heavy (non-hydrogen) atoms. The average molecular weight is 383 g/mol. The maximum atomic E-state index is 12.1. The Morgan fingerprint density at radius 3 is 2.17 bits per heavy atom. The van der Waals surface area contributed by atoms with Crippen molar-refractivity contribution in [2.45, 2.75) is 5.92 Å². The Hall–Kier alpha value is -3.71. The zero-order valence-corrected chi connectivity index (χ0v) is 16.1. The van der Waals surface area contributed by atoms with Crippen LogP contribution < -0.4 is 10.1 Å². The molecule has 0 saturated heterocycles. The normalized spacial score (nSPS) is 11.6. The summed E-state index contributed by atoms with van der Waals surface area (Å²) in [5.41, 5.74) is 5.67. The van der Waals surface area contributed by atoms with Gasteiger partial charge >= 0.3 is 6.09 Å². The first-order valence-electron chi connectivity index (χ1n) is 9.48. The molecule has 0 unspecified atom stereocenters. The van der Waals surface area contributed by atoms with Gasteiger partial charge in [-0.15, -0.1) is 0 Å². The van der Waals surface area contributed by atoms with Gasteiger partial charge in [0.05, 0.1) is 13.7 Å². The Bertz CT molecular complexity index is 1030. The van der Waals surface area contributed by atoms with Gasteiger partial charge in [0, 0.05) is 11.5 Å². The van der Waals surface area contributed by atoms with E-state index < -0.39 is 6.09 Å². The van der Waals surface area contributed by atoms with E-state index in [2.05, 4.69) is 41.4 Å². The minimum Gasteiger partial charge on any atom is -0.497 e. The molecule has 1 amide bonds. The number of nitrogens with one attached hydrogen (secondary N) is 1. The third-order valence-corrected chi connectivity index (χ3v) is 4.99. The Morgan fingerprint density at radius 1 is 0.931 bits per heavy atom. The van der Waals surface area contributed by atoms with Crippen LogP contribution in [0.2, 0.25) is 0 Å². The number of ether oxygens (including phenoxy) is 2. The number of benzene rings is 3. The quantitative estimate of drug-likeness (QED) is 0.671. The summed E-state index contributed by atoms with van der Waals surface area (Å²) in [5.74, 6) is 6.76. The van der Waals surface area contributed by atoms with Gasteiger partial charge in [-0.3, -0.25) is 0 Å². The zero-order valence-electron chi connectivity index (χ0n) is 16.1. The molecule has 0 atom stereocenters. The summed E-state index contributed by atoms with van der Waals surface area (Å²) in [6.07, 6.45) is -0.462. The van der Waals surface area contributed by atoms with Crippen molar-refractivity contribution in [3.63, 3.8) is 0 Å². The van der Waals surface area contributed by atoms with Gasteiger partial charge in [-0.25, -0.2) is 4.79 Å². The molecular formula is C25H21NO3. The highest BCUT2D eigenvalue weighted by atomic mass is 16.5. The fraction of sp³-hybridized carbons (Fsp3) is 0.160.